The number of nitrogens with one attached hydrogen (secondary N) is 1. The van der Waals surface area contributed by atoms with Gasteiger partial charge in [-0.1, -0.05) is 17.3 Å². The largest absolute Gasteiger partial charge is 0.497 e. The van der Waals surface area contributed by atoms with Crippen molar-refractivity contribution < 1.29 is 19.1 Å². The molecule has 1 saturated heterocycles. The average Bonchev–Trinajstić information content (AvgIpc) is 3.55. The lowest BCUT2D eigenvalue weighted by Crippen LogP contribution is -2.59. The molecule has 0 radical (unpaired) electrons. The molecular formula is C27H35N5O4. The third-order valence-corrected chi connectivity index (χ3v) is 9.08. The number of aromatic nitrogens is 3. The Labute approximate surface area is 211 Å². The second-order valence-electron chi connectivity index (χ2n) is 11.2. The van der Waals surface area contributed by atoms with E-state index in [0.29, 0.717) is 30.8 Å². The van der Waals surface area contributed by atoms with Gasteiger partial charge in [0, 0.05) is 19.1 Å². The van der Waals surface area contributed by atoms with Crippen molar-refractivity contribution in [3.8, 4) is 5.75 Å². The molecule has 7 rings (SSSR count). The van der Waals surface area contributed by atoms with Gasteiger partial charge in [0.2, 0.25) is 5.91 Å². The first-order valence-electron chi connectivity index (χ1n) is 13.2. The first-order chi connectivity index (χ1) is 17.5. The Bertz CT molecular complexity index is 1090. The third kappa shape index (κ3) is 4.27. The molecule has 0 spiro atoms. The van der Waals surface area contributed by atoms with E-state index in [-0.39, 0.29) is 23.7 Å². The summed E-state index contributed by atoms with van der Waals surface area (Å²) in [6.45, 7) is 1.23. The zero-order chi connectivity index (χ0) is 24.8. The maximum atomic E-state index is 13.6. The fourth-order valence-electron chi connectivity index (χ4n) is 7.76. The van der Waals surface area contributed by atoms with E-state index in [1.807, 2.05) is 24.3 Å². The summed E-state index contributed by atoms with van der Waals surface area (Å²) in [4.78, 5) is 28.0. The van der Waals surface area contributed by atoms with Gasteiger partial charge in [-0.15, -0.1) is 5.10 Å². The van der Waals surface area contributed by atoms with Crippen molar-refractivity contribution in [1.29, 1.82) is 0 Å². The molecule has 5 aliphatic rings. The number of hydrogen-bond donors (Lipinski definition) is 1. The molecular weight excluding hydrogens is 458 g/mol. The summed E-state index contributed by atoms with van der Waals surface area (Å²) >= 11 is 0. The van der Waals surface area contributed by atoms with Crippen molar-refractivity contribution in [3.63, 3.8) is 0 Å². The summed E-state index contributed by atoms with van der Waals surface area (Å²) in [7, 11) is 2.99. The Morgan fingerprint density at radius 2 is 1.69 bits per heavy atom. The number of hydrogen-bond acceptors (Lipinski definition) is 7. The van der Waals surface area contributed by atoms with Gasteiger partial charge in [-0.3, -0.25) is 9.69 Å². The average molecular weight is 494 g/mol. The second kappa shape index (κ2) is 9.50. The Morgan fingerprint density at radius 3 is 2.33 bits per heavy atom. The van der Waals surface area contributed by atoms with E-state index in [4.69, 9.17) is 9.47 Å². The first-order valence-corrected chi connectivity index (χ1v) is 13.2. The summed E-state index contributed by atoms with van der Waals surface area (Å²) in [5.74, 6) is 3.48. The molecule has 9 nitrogen and oxygen atoms in total. The first kappa shape index (κ1) is 23.5. The fraction of sp³-hybridized carbons (Fsp3) is 0.630. The summed E-state index contributed by atoms with van der Waals surface area (Å²) < 4.78 is 11.8. The highest BCUT2D eigenvalue weighted by molar-refractivity contribution is 5.86. The van der Waals surface area contributed by atoms with E-state index >= 15 is 0 Å². The Morgan fingerprint density at radius 1 is 1.00 bits per heavy atom. The number of carbonyl (C=O) groups is 2. The minimum atomic E-state index is -0.495. The number of benzene rings is 1. The summed E-state index contributed by atoms with van der Waals surface area (Å²) in [6, 6.07) is 8.01. The number of esters is 1. The van der Waals surface area contributed by atoms with Crippen molar-refractivity contribution >= 4 is 11.9 Å². The SMILES string of the molecule is COC(=O)c1cn([C@H]2C[C@@H](C(=O)NCc3ccc(OC)cc3)N(C3C4CC5CC(C4)CC3C5)C2)nn1. The van der Waals surface area contributed by atoms with E-state index < -0.39 is 5.97 Å². The number of methoxy groups -OCH3 is 2. The van der Waals surface area contributed by atoms with Gasteiger partial charge in [-0.25, -0.2) is 9.48 Å². The molecule has 1 aromatic carbocycles. The number of rotatable bonds is 7. The molecule has 4 aliphatic carbocycles. The third-order valence-electron chi connectivity index (χ3n) is 9.08. The highest BCUT2D eigenvalue weighted by Crippen LogP contribution is 2.56. The molecule has 192 valence electrons. The molecule has 2 aromatic rings. The zero-order valence-electron chi connectivity index (χ0n) is 21.0. The van der Waals surface area contributed by atoms with Gasteiger partial charge in [0.25, 0.3) is 0 Å². The molecule has 2 heterocycles. The van der Waals surface area contributed by atoms with Gasteiger partial charge < -0.3 is 14.8 Å². The van der Waals surface area contributed by atoms with Crippen LogP contribution < -0.4 is 10.1 Å². The van der Waals surface area contributed by atoms with Crippen LogP contribution in [-0.2, 0) is 16.1 Å². The molecule has 1 aromatic heterocycles. The monoisotopic (exact) mass is 493 g/mol. The molecule has 2 atom stereocenters. The molecule has 4 bridgehead atoms. The van der Waals surface area contributed by atoms with E-state index in [0.717, 1.165) is 29.7 Å². The molecule has 1 aliphatic heterocycles. The quantitative estimate of drug-likeness (QED) is 0.592. The van der Waals surface area contributed by atoms with Crippen LogP contribution in [0.5, 0.6) is 5.75 Å². The number of nitrogens with zero attached hydrogens (tertiary/aromatic N) is 4. The van der Waals surface area contributed by atoms with Crippen LogP contribution >= 0.6 is 0 Å². The second-order valence-corrected chi connectivity index (χ2v) is 11.2. The van der Waals surface area contributed by atoms with Crippen LogP contribution in [0.25, 0.3) is 0 Å². The van der Waals surface area contributed by atoms with Crippen LogP contribution in [-0.4, -0.2) is 64.6 Å². The Hall–Kier alpha value is -2.94. The number of ether oxygens (including phenoxy) is 2. The van der Waals surface area contributed by atoms with Gasteiger partial charge in [0.05, 0.1) is 32.5 Å². The number of amides is 1. The van der Waals surface area contributed by atoms with Crippen LogP contribution in [0, 0.1) is 23.7 Å². The highest BCUT2D eigenvalue weighted by Gasteiger charge is 2.54. The van der Waals surface area contributed by atoms with E-state index in [1.54, 1.807) is 18.0 Å². The predicted molar refractivity (Wildman–Crippen MR) is 131 cm³/mol. The topological polar surface area (TPSA) is 98.6 Å². The lowest BCUT2D eigenvalue weighted by Gasteiger charge is -2.57. The standard InChI is InChI=1S/C27H35N5O4/c1-35-22-5-3-16(4-6-22)13-28-26(33)24-12-21(32-15-23(29-30-32)27(34)36-2)14-31(24)25-19-8-17-7-18(10-19)11-20(25)9-17/h3-6,15,17-21,24-25H,7-14H2,1-2H3,(H,28,33)/t17?,18?,19?,20?,21-,24-,25?/m0/s1. The Balaban J connectivity index is 1.21. The van der Waals surface area contributed by atoms with Gasteiger partial charge >= 0.3 is 5.97 Å². The maximum absolute atomic E-state index is 13.6. The molecule has 9 heteroatoms. The predicted octanol–water partition coefficient (Wildman–Crippen LogP) is 2.83. The molecule has 4 saturated carbocycles. The summed E-state index contributed by atoms with van der Waals surface area (Å²) in [6.07, 6.45) is 8.92. The van der Waals surface area contributed by atoms with Gasteiger partial charge in [-0.2, -0.15) is 0 Å². The molecule has 5 fully saturated rings. The number of likely N-dealkylation sites (tertiary alicyclic amines) is 1. The van der Waals surface area contributed by atoms with E-state index in [2.05, 4.69) is 20.5 Å². The molecule has 0 unspecified atom stereocenters. The minimum absolute atomic E-state index is 0.00942. The normalized spacial score (nSPS) is 33.0. The summed E-state index contributed by atoms with van der Waals surface area (Å²) in [5.41, 5.74) is 1.24. The molecule has 1 N–H and O–H groups in total. The minimum Gasteiger partial charge on any atom is -0.497 e. The van der Waals surface area contributed by atoms with Gasteiger partial charge in [0.15, 0.2) is 5.69 Å². The van der Waals surface area contributed by atoms with E-state index in [9.17, 15) is 9.59 Å². The van der Waals surface area contributed by atoms with Crippen LogP contribution in [0.1, 0.15) is 60.6 Å². The lowest BCUT2D eigenvalue weighted by molar-refractivity contribution is -0.130. The van der Waals surface area contributed by atoms with Crippen molar-refractivity contribution in [2.24, 2.45) is 23.7 Å². The molecule has 1 amide bonds. The smallest absolute Gasteiger partial charge is 0.360 e. The highest BCUT2D eigenvalue weighted by atomic mass is 16.5. The van der Waals surface area contributed by atoms with Crippen LogP contribution in [0.4, 0.5) is 0 Å². The molecule has 36 heavy (non-hydrogen) atoms. The van der Waals surface area contributed by atoms with Crippen molar-refractivity contribution in [1.82, 2.24) is 25.2 Å². The van der Waals surface area contributed by atoms with Crippen molar-refractivity contribution in [2.75, 3.05) is 20.8 Å². The Kier molecular flexibility index (Phi) is 6.19. The van der Waals surface area contributed by atoms with Gasteiger partial charge in [0.1, 0.15) is 5.75 Å². The maximum Gasteiger partial charge on any atom is 0.360 e. The van der Waals surface area contributed by atoms with Crippen LogP contribution in [0.15, 0.2) is 30.5 Å². The fourth-order valence-corrected chi connectivity index (χ4v) is 7.76. The number of carbonyl (C=O) groups excluding carboxylic acids is 2. The van der Waals surface area contributed by atoms with Crippen LogP contribution in [0.2, 0.25) is 0 Å². The van der Waals surface area contributed by atoms with Crippen molar-refractivity contribution in [2.45, 2.75) is 63.2 Å². The zero-order valence-corrected chi connectivity index (χ0v) is 21.0. The summed E-state index contributed by atoms with van der Waals surface area (Å²) in [5, 5.41) is 11.4. The van der Waals surface area contributed by atoms with Crippen molar-refractivity contribution in [3.05, 3.63) is 41.7 Å². The lowest BCUT2D eigenvalue weighted by atomic mass is 9.54. The van der Waals surface area contributed by atoms with Gasteiger partial charge in [-0.05, 0) is 79.9 Å². The van der Waals surface area contributed by atoms with E-state index in [1.165, 1.54) is 39.2 Å². The van der Waals surface area contributed by atoms with Crippen LogP contribution in [0.3, 0.4) is 0 Å².